The molecule has 4 heteroatoms. The molecular weight excluding hydrogens is 254 g/mol. The average molecular weight is 281 g/mol. The molecule has 0 aliphatic heterocycles. The van der Waals surface area contributed by atoms with E-state index >= 15 is 0 Å². The summed E-state index contributed by atoms with van der Waals surface area (Å²) in [5.74, 6) is 0.946. The Labute approximate surface area is 122 Å². The van der Waals surface area contributed by atoms with E-state index in [1.165, 1.54) is 5.56 Å². The Morgan fingerprint density at radius 1 is 1.00 bits per heavy atom. The van der Waals surface area contributed by atoms with Crippen LogP contribution in [0.15, 0.2) is 24.3 Å². The minimum atomic E-state index is 0.667. The summed E-state index contributed by atoms with van der Waals surface area (Å²) in [6.45, 7) is 6.85. The van der Waals surface area contributed by atoms with Gasteiger partial charge < -0.3 is 19.5 Å². The lowest BCUT2D eigenvalue weighted by molar-refractivity contribution is 0.0695. The highest BCUT2D eigenvalue weighted by atomic mass is 16.5. The zero-order chi connectivity index (χ0) is 14.5. The van der Waals surface area contributed by atoms with Crippen LogP contribution >= 0.6 is 0 Å². The van der Waals surface area contributed by atoms with E-state index in [1.54, 1.807) is 7.11 Å². The molecule has 0 spiro atoms. The highest BCUT2D eigenvalue weighted by molar-refractivity contribution is 5.27. The molecule has 0 amide bonds. The van der Waals surface area contributed by atoms with Gasteiger partial charge in [0, 0.05) is 20.3 Å². The molecule has 1 N–H and O–H groups in total. The second kappa shape index (κ2) is 11.7. The molecule has 0 unspecified atom stereocenters. The smallest absolute Gasteiger partial charge is 0.119 e. The number of nitrogens with one attached hydrogen (secondary N) is 1. The highest BCUT2D eigenvalue weighted by Gasteiger charge is 1.95. The molecular formula is C16H27NO3. The molecule has 0 atom stereocenters. The third kappa shape index (κ3) is 8.15. The maximum absolute atomic E-state index is 5.55. The highest BCUT2D eigenvalue weighted by Crippen LogP contribution is 2.12. The molecule has 0 aromatic heterocycles. The van der Waals surface area contributed by atoms with Gasteiger partial charge in [0.05, 0.1) is 19.8 Å². The first-order valence-electron chi connectivity index (χ1n) is 7.36. The first-order valence-corrected chi connectivity index (χ1v) is 7.36. The van der Waals surface area contributed by atoms with Crippen LogP contribution < -0.4 is 10.1 Å². The number of methoxy groups -OCH3 is 1. The summed E-state index contributed by atoms with van der Waals surface area (Å²) in [5, 5.41) is 3.40. The topological polar surface area (TPSA) is 39.7 Å². The van der Waals surface area contributed by atoms with E-state index in [4.69, 9.17) is 14.2 Å². The Morgan fingerprint density at radius 3 is 2.50 bits per heavy atom. The van der Waals surface area contributed by atoms with Gasteiger partial charge in [0.1, 0.15) is 5.75 Å². The molecule has 1 aromatic rings. The summed E-state index contributed by atoms with van der Waals surface area (Å²) >= 11 is 0. The predicted molar refractivity (Wildman–Crippen MR) is 81.2 cm³/mol. The van der Waals surface area contributed by atoms with E-state index in [0.717, 1.165) is 44.9 Å². The fourth-order valence-corrected chi connectivity index (χ4v) is 1.70. The first-order chi connectivity index (χ1) is 9.86. The van der Waals surface area contributed by atoms with Gasteiger partial charge in [0.25, 0.3) is 0 Å². The maximum atomic E-state index is 5.55. The molecule has 0 heterocycles. The van der Waals surface area contributed by atoms with Gasteiger partial charge in [-0.25, -0.2) is 0 Å². The predicted octanol–water partition coefficient (Wildman–Crippen LogP) is 2.62. The Balaban J connectivity index is 2.04. The van der Waals surface area contributed by atoms with Crippen molar-refractivity contribution in [1.82, 2.24) is 5.32 Å². The summed E-state index contributed by atoms with van der Waals surface area (Å²) in [7, 11) is 1.68. The van der Waals surface area contributed by atoms with Crippen molar-refractivity contribution in [3.05, 3.63) is 29.8 Å². The van der Waals surface area contributed by atoms with Crippen molar-refractivity contribution in [3.63, 3.8) is 0 Å². The summed E-state index contributed by atoms with van der Waals surface area (Å²) < 4.78 is 15.9. The Kier molecular flexibility index (Phi) is 9.92. The molecule has 0 saturated carbocycles. The number of ether oxygens (including phenoxy) is 3. The Morgan fingerprint density at radius 2 is 1.80 bits per heavy atom. The van der Waals surface area contributed by atoms with Crippen LogP contribution in [-0.2, 0) is 16.0 Å². The monoisotopic (exact) mass is 281 g/mol. The SMILES string of the molecule is CCCOc1ccc(CNCCCOCCOC)cc1. The van der Waals surface area contributed by atoms with E-state index in [0.29, 0.717) is 13.2 Å². The number of rotatable bonds is 12. The van der Waals surface area contributed by atoms with Crippen molar-refractivity contribution in [2.75, 3.05) is 40.1 Å². The molecule has 0 aliphatic carbocycles. The zero-order valence-corrected chi connectivity index (χ0v) is 12.7. The molecule has 4 nitrogen and oxygen atoms in total. The minimum absolute atomic E-state index is 0.667. The quantitative estimate of drug-likeness (QED) is 0.598. The molecule has 0 fully saturated rings. The third-order valence-electron chi connectivity index (χ3n) is 2.80. The van der Waals surface area contributed by atoms with Crippen molar-refractivity contribution in [3.8, 4) is 5.75 Å². The standard InChI is InChI=1S/C16H27NO3/c1-3-10-20-16-7-5-15(6-8-16)14-17-9-4-11-19-13-12-18-2/h5-8,17H,3-4,9-14H2,1-2H3. The summed E-state index contributed by atoms with van der Waals surface area (Å²) in [6.07, 6.45) is 2.05. The van der Waals surface area contributed by atoms with Crippen LogP contribution in [0.25, 0.3) is 0 Å². The van der Waals surface area contributed by atoms with Crippen LogP contribution in [-0.4, -0.2) is 40.1 Å². The van der Waals surface area contributed by atoms with Crippen molar-refractivity contribution in [2.45, 2.75) is 26.3 Å². The Bertz CT molecular complexity index is 327. The van der Waals surface area contributed by atoms with Crippen LogP contribution in [0.3, 0.4) is 0 Å². The zero-order valence-electron chi connectivity index (χ0n) is 12.7. The van der Waals surface area contributed by atoms with Crippen molar-refractivity contribution in [1.29, 1.82) is 0 Å². The number of hydrogen-bond donors (Lipinski definition) is 1. The lowest BCUT2D eigenvalue weighted by Crippen LogP contribution is -2.16. The van der Waals surface area contributed by atoms with Gasteiger partial charge in [0.2, 0.25) is 0 Å². The molecule has 0 bridgehead atoms. The molecule has 0 radical (unpaired) electrons. The Hall–Kier alpha value is -1.10. The van der Waals surface area contributed by atoms with Crippen LogP contribution in [0, 0.1) is 0 Å². The molecule has 0 aliphatic rings. The minimum Gasteiger partial charge on any atom is -0.494 e. The third-order valence-corrected chi connectivity index (χ3v) is 2.80. The fraction of sp³-hybridized carbons (Fsp3) is 0.625. The van der Waals surface area contributed by atoms with Gasteiger partial charge in [-0.3, -0.25) is 0 Å². The van der Waals surface area contributed by atoms with Crippen LogP contribution in [0.2, 0.25) is 0 Å². The average Bonchev–Trinajstić information content (AvgIpc) is 2.49. The summed E-state index contributed by atoms with van der Waals surface area (Å²) in [6, 6.07) is 8.27. The van der Waals surface area contributed by atoms with E-state index in [2.05, 4.69) is 24.4 Å². The maximum Gasteiger partial charge on any atom is 0.119 e. The largest absolute Gasteiger partial charge is 0.494 e. The van der Waals surface area contributed by atoms with Crippen molar-refractivity contribution in [2.24, 2.45) is 0 Å². The normalized spacial score (nSPS) is 10.7. The molecule has 114 valence electrons. The molecule has 20 heavy (non-hydrogen) atoms. The second-order valence-electron chi connectivity index (χ2n) is 4.63. The molecule has 1 rings (SSSR count). The van der Waals surface area contributed by atoms with Gasteiger partial charge in [-0.15, -0.1) is 0 Å². The van der Waals surface area contributed by atoms with E-state index < -0.39 is 0 Å². The lowest BCUT2D eigenvalue weighted by atomic mass is 10.2. The van der Waals surface area contributed by atoms with Crippen LogP contribution in [0.1, 0.15) is 25.3 Å². The van der Waals surface area contributed by atoms with Gasteiger partial charge in [-0.2, -0.15) is 0 Å². The van der Waals surface area contributed by atoms with Crippen LogP contribution in [0.4, 0.5) is 0 Å². The summed E-state index contributed by atoms with van der Waals surface area (Å²) in [4.78, 5) is 0. The first kappa shape index (κ1) is 17.0. The van der Waals surface area contributed by atoms with Gasteiger partial charge >= 0.3 is 0 Å². The number of benzene rings is 1. The molecule has 0 saturated heterocycles. The fourth-order valence-electron chi connectivity index (χ4n) is 1.70. The molecule has 1 aromatic carbocycles. The van der Waals surface area contributed by atoms with Gasteiger partial charge in [0.15, 0.2) is 0 Å². The number of hydrogen-bond acceptors (Lipinski definition) is 4. The van der Waals surface area contributed by atoms with Crippen LogP contribution in [0.5, 0.6) is 5.75 Å². The van der Waals surface area contributed by atoms with Crippen molar-refractivity contribution >= 4 is 0 Å². The van der Waals surface area contributed by atoms with Gasteiger partial charge in [-0.05, 0) is 37.1 Å². The van der Waals surface area contributed by atoms with Crippen molar-refractivity contribution < 1.29 is 14.2 Å². The lowest BCUT2D eigenvalue weighted by Gasteiger charge is -2.08. The van der Waals surface area contributed by atoms with E-state index in [-0.39, 0.29) is 0 Å². The second-order valence-corrected chi connectivity index (χ2v) is 4.63. The van der Waals surface area contributed by atoms with Gasteiger partial charge in [-0.1, -0.05) is 19.1 Å². The summed E-state index contributed by atoms with van der Waals surface area (Å²) in [5.41, 5.74) is 1.27. The van der Waals surface area contributed by atoms with E-state index in [1.807, 2.05) is 12.1 Å². The van der Waals surface area contributed by atoms with E-state index in [9.17, 15) is 0 Å².